The first-order valence-corrected chi connectivity index (χ1v) is 5.45. The molecule has 2 nitrogen and oxygen atoms in total. The molecule has 2 rings (SSSR count). The number of benzene rings is 1. The van der Waals surface area contributed by atoms with Crippen LogP contribution >= 0.6 is 15.9 Å². The topological polar surface area (TPSA) is 29.5 Å². The zero-order chi connectivity index (χ0) is 10.2. The molecule has 0 amide bonds. The van der Waals surface area contributed by atoms with Crippen molar-refractivity contribution in [3.05, 3.63) is 33.8 Å². The van der Waals surface area contributed by atoms with E-state index in [1.165, 1.54) is 5.56 Å². The minimum atomic E-state index is -0.773. The average molecular weight is 257 g/mol. The maximum absolute atomic E-state index is 10.3. The lowest BCUT2D eigenvalue weighted by Gasteiger charge is -2.22. The van der Waals surface area contributed by atoms with Crippen molar-refractivity contribution >= 4 is 15.9 Å². The fourth-order valence-electron chi connectivity index (χ4n) is 2.09. The summed E-state index contributed by atoms with van der Waals surface area (Å²) in [6.45, 7) is 0.377. The van der Waals surface area contributed by atoms with Crippen molar-refractivity contribution in [1.29, 1.82) is 0 Å². The lowest BCUT2D eigenvalue weighted by molar-refractivity contribution is -0.0340. The maximum atomic E-state index is 10.3. The van der Waals surface area contributed by atoms with Crippen molar-refractivity contribution in [2.24, 2.45) is 0 Å². The van der Waals surface area contributed by atoms with Crippen LogP contribution in [0, 0.1) is 0 Å². The smallest absolute Gasteiger partial charge is 0.113 e. The molecule has 1 aliphatic carbocycles. The van der Waals surface area contributed by atoms with E-state index in [-0.39, 0.29) is 0 Å². The molecule has 3 heteroatoms. The number of hydrogen-bond donors (Lipinski definition) is 1. The molecule has 0 heterocycles. The van der Waals surface area contributed by atoms with Crippen LogP contribution in [0.2, 0.25) is 0 Å². The summed E-state index contributed by atoms with van der Waals surface area (Å²) >= 11 is 3.43. The first kappa shape index (κ1) is 10.1. The van der Waals surface area contributed by atoms with E-state index in [2.05, 4.69) is 22.0 Å². The summed E-state index contributed by atoms with van der Waals surface area (Å²) in [5.74, 6) is 0. The lowest BCUT2D eigenvalue weighted by Crippen LogP contribution is -2.28. The monoisotopic (exact) mass is 256 g/mol. The fraction of sp³-hybridized carbons (Fsp3) is 0.455. The quantitative estimate of drug-likeness (QED) is 0.880. The molecule has 1 atom stereocenters. The Labute approximate surface area is 92.0 Å². The van der Waals surface area contributed by atoms with Gasteiger partial charge in [-0.2, -0.15) is 0 Å². The zero-order valence-electron chi connectivity index (χ0n) is 8.09. The number of hydrogen-bond acceptors (Lipinski definition) is 2. The molecule has 0 saturated carbocycles. The Morgan fingerprint density at radius 1 is 1.57 bits per heavy atom. The normalized spacial score (nSPS) is 25.1. The molecule has 1 unspecified atom stereocenters. The standard InChI is InChI=1S/C11H13BrO2/c1-14-7-11(13)5-4-8-6-9(12)2-3-10(8)11/h2-3,6,13H,4-5,7H2,1H3. The van der Waals surface area contributed by atoms with Crippen LogP contribution in [0.1, 0.15) is 17.5 Å². The molecule has 1 aromatic rings. The highest BCUT2D eigenvalue weighted by atomic mass is 79.9. The average Bonchev–Trinajstić information content (AvgIpc) is 2.44. The van der Waals surface area contributed by atoms with E-state index in [0.717, 1.165) is 22.9 Å². The van der Waals surface area contributed by atoms with Gasteiger partial charge in [-0.05, 0) is 36.1 Å². The molecular formula is C11H13BrO2. The zero-order valence-corrected chi connectivity index (χ0v) is 9.67. The second-order valence-electron chi connectivity index (χ2n) is 3.77. The lowest BCUT2D eigenvalue weighted by atomic mass is 9.97. The van der Waals surface area contributed by atoms with E-state index in [0.29, 0.717) is 6.61 Å². The Bertz CT molecular complexity index is 351. The first-order chi connectivity index (χ1) is 6.65. The van der Waals surface area contributed by atoms with Crippen molar-refractivity contribution in [2.75, 3.05) is 13.7 Å². The van der Waals surface area contributed by atoms with Gasteiger partial charge in [0.2, 0.25) is 0 Å². The molecule has 0 fully saturated rings. The third-order valence-electron chi connectivity index (χ3n) is 2.76. The number of methoxy groups -OCH3 is 1. The van der Waals surface area contributed by atoms with Gasteiger partial charge in [-0.1, -0.05) is 22.0 Å². The van der Waals surface area contributed by atoms with Gasteiger partial charge in [0.25, 0.3) is 0 Å². The minimum Gasteiger partial charge on any atom is -0.383 e. The van der Waals surface area contributed by atoms with E-state index in [1.54, 1.807) is 7.11 Å². The van der Waals surface area contributed by atoms with E-state index in [4.69, 9.17) is 4.74 Å². The molecule has 1 aromatic carbocycles. The Hall–Kier alpha value is -0.380. The van der Waals surface area contributed by atoms with Crippen LogP contribution in [0.4, 0.5) is 0 Å². The molecule has 76 valence electrons. The second-order valence-corrected chi connectivity index (χ2v) is 4.68. The van der Waals surface area contributed by atoms with Crippen LogP contribution in [0.15, 0.2) is 22.7 Å². The van der Waals surface area contributed by atoms with Crippen LogP contribution in [-0.2, 0) is 16.8 Å². The molecule has 0 bridgehead atoms. The summed E-state index contributed by atoms with van der Waals surface area (Å²) in [6.07, 6.45) is 1.68. The maximum Gasteiger partial charge on any atom is 0.113 e. The summed E-state index contributed by atoms with van der Waals surface area (Å²) in [5.41, 5.74) is 1.46. The van der Waals surface area contributed by atoms with Gasteiger partial charge in [-0.15, -0.1) is 0 Å². The fourth-order valence-corrected chi connectivity index (χ4v) is 2.50. The highest BCUT2D eigenvalue weighted by molar-refractivity contribution is 9.10. The van der Waals surface area contributed by atoms with Crippen LogP contribution in [0.3, 0.4) is 0 Å². The predicted octanol–water partition coefficient (Wildman–Crippen LogP) is 2.23. The predicted molar refractivity (Wildman–Crippen MR) is 58.2 cm³/mol. The number of aryl methyl sites for hydroxylation is 1. The molecule has 0 aliphatic heterocycles. The molecule has 0 aromatic heterocycles. The summed E-state index contributed by atoms with van der Waals surface area (Å²) in [6, 6.07) is 6.01. The molecule has 0 saturated heterocycles. The number of aliphatic hydroxyl groups is 1. The van der Waals surface area contributed by atoms with Gasteiger partial charge < -0.3 is 9.84 Å². The molecule has 1 N–H and O–H groups in total. The Morgan fingerprint density at radius 2 is 2.36 bits per heavy atom. The highest BCUT2D eigenvalue weighted by Crippen LogP contribution is 2.38. The van der Waals surface area contributed by atoms with E-state index in [9.17, 15) is 5.11 Å². The first-order valence-electron chi connectivity index (χ1n) is 4.66. The molecule has 0 radical (unpaired) electrons. The van der Waals surface area contributed by atoms with Crippen LogP contribution in [0.25, 0.3) is 0 Å². The van der Waals surface area contributed by atoms with Crippen molar-refractivity contribution in [3.8, 4) is 0 Å². The molecule has 0 spiro atoms. The van der Waals surface area contributed by atoms with Gasteiger partial charge in [-0.3, -0.25) is 0 Å². The number of rotatable bonds is 2. The Morgan fingerprint density at radius 3 is 3.07 bits per heavy atom. The summed E-state index contributed by atoms with van der Waals surface area (Å²) in [5, 5.41) is 10.3. The third-order valence-corrected chi connectivity index (χ3v) is 3.25. The summed E-state index contributed by atoms with van der Waals surface area (Å²) in [7, 11) is 1.62. The molecular weight excluding hydrogens is 244 g/mol. The van der Waals surface area contributed by atoms with Gasteiger partial charge in [0.05, 0.1) is 6.61 Å². The Balaban J connectivity index is 2.39. The van der Waals surface area contributed by atoms with E-state index >= 15 is 0 Å². The van der Waals surface area contributed by atoms with Gasteiger partial charge in [0, 0.05) is 11.6 Å². The van der Waals surface area contributed by atoms with Crippen molar-refractivity contribution in [2.45, 2.75) is 18.4 Å². The SMILES string of the molecule is COCC1(O)CCc2cc(Br)ccc21. The minimum absolute atomic E-state index is 0.377. The van der Waals surface area contributed by atoms with Crippen molar-refractivity contribution in [3.63, 3.8) is 0 Å². The number of halogens is 1. The third kappa shape index (κ3) is 1.60. The van der Waals surface area contributed by atoms with Gasteiger partial charge in [0.1, 0.15) is 5.60 Å². The van der Waals surface area contributed by atoms with Crippen molar-refractivity contribution < 1.29 is 9.84 Å². The summed E-state index contributed by atoms with van der Waals surface area (Å²) < 4.78 is 6.12. The van der Waals surface area contributed by atoms with Crippen molar-refractivity contribution in [1.82, 2.24) is 0 Å². The Kier molecular flexibility index (Phi) is 2.64. The number of fused-ring (bicyclic) bond motifs is 1. The largest absolute Gasteiger partial charge is 0.383 e. The van der Waals surface area contributed by atoms with Gasteiger partial charge in [-0.25, -0.2) is 0 Å². The summed E-state index contributed by atoms with van der Waals surface area (Å²) in [4.78, 5) is 0. The molecule has 1 aliphatic rings. The van der Waals surface area contributed by atoms with Gasteiger partial charge in [0.15, 0.2) is 0 Å². The molecule has 14 heavy (non-hydrogen) atoms. The second kappa shape index (κ2) is 3.65. The van der Waals surface area contributed by atoms with Crippen LogP contribution in [0.5, 0.6) is 0 Å². The highest BCUT2D eigenvalue weighted by Gasteiger charge is 2.36. The van der Waals surface area contributed by atoms with E-state index in [1.807, 2.05) is 12.1 Å². The van der Waals surface area contributed by atoms with Crippen LogP contribution < -0.4 is 0 Å². The van der Waals surface area contributed by atoms with Crippen LogP contribution in [-0.4, -0.2) is 18.8 Å². The van der Waals surface area contributed by atoms with E-state index < -0.39 is 5.60 Å². The van der Waals surface area contributed by atoms with Gasteiger partial charge >= 0.3 is 0 Å². The number of ether oxygens (including phenoxy) is 1.